The van der Waals surface area contributed by atoms with Gasteiger partial charge in [-0.2, -0.15) is 0 Å². The summed E-state index contributed by atoms with van der Waals surface area (Å²) in [6, 6.07) is 1.23. The summed E-state index contributed by atoms with van der Waals surface area (Å²) in [7, 11) is 1.35. The molecule has 152 valence electrons. The minimum atomic E-state index is -1.45. The van der Waals surface area contributed by atoms with Gasteiger partial charge in [0.2, 0.25) is 5.43 Å². The average Bonchev–Trinajstić information content (AvgIpc) is 3.11. The van der Waals surface area contributed by atoms with E-state index in [4.69, 9.17) is 4.74 Å². The first kappa shape index (κ1) is 20.1. The highest BCUT2D eigenvalue weighted by atomic mass is 19.1. The number of alkyl halides is 1. The highest BCUT2D eigenvalue weighted by molar-refractivity contribution is 5.97. The Hall–Kier alpha value is -2.68. The zero-order chi connectivity index (χ0) is 20.4. The van der Waals surface area contributed by atoms with E-state index in [1.807, 2.05) is 11.8 Å². The number of nitrogens with one attached hydrogen (secondary N) is 1. The second kappa shape index (κ2) is 8.14. The number of fused-ring (bicyclic) bond motifs is 1. The summed E-state index contributed by atoms with van der Waals surface area (Å²) in [6.07, 6.45) is 1.91. The third kappa shape index (κ3) is 3.42. The van der Waals surface area contributed by atoms with Gasteiger partial charge in [0, 0.05) is 25.3 Å². The van der Waals surface area contributed by atoms with Crippen molar-refractivity contribution in [1.29, 1.82) is 0 Å². The lowest BCUT2D eigenvalue weighted by Gasteiger charge is -2.24. The van der Waals surface area contributed by atoms with Gasteiger partial charge in [-0.1, -0.05) is 6.92 Å². The van der Waals surface area contributed by atoms with Crippen molar-refractivity contribution in [2.45, 2.75) is 25.9 Å². The third-order valence-electron chi connectivity index (χ3n) is 5.00. The van der Waals surface area contributed by atoms with E-state index in [2.05, 4.69) is 5.32 Å². The minimum absolute atomic E-state index is 0.106. The topological polar surface area (TPSA) is 83.8 Å². The lowest BCUT2D eigenvalue weighted by molar-refractivity contribution is 0.0694. The molecule has 0 radical (unpaired) electrons. The lowest BCUT2D eigenvalue weighted by atomic mass is 10.1. The molecular weight excluding hydrogens is 372 g/mol. The molecule has 7 nitrogen and oxygen atoms in total. The molecule has 1 aromatic heterocycles. The van der Waals surface area contributed by atoms with Gasteiger partial charge >= 0.3 is 5.97 Å². The number of aromatic carboxylic acids is 1. The van der Waals surface area contributed by atoms with Gasteiger partial charge < -0.3 is 24.6 Å². The maximum atomic E-state index is 15.1. The molecule has 3 rings (SSSR count). The molecule has 0 aliphatic carbocycles. The van der Waals surface area contributed by atoms with Crippen LogP contribution in [0.1, 0.15) is 23.7 Å². The Kier molecular flexibility index (Phi) is 5.83. The molecule has 1 aromatic carbocycles. The number of hydrogen-bond acceptors (Lipinski definition) is 5. The molecule has 2 heterocycles. The molecule has 2 aromatic rings. The molecule has 9 heteroatoms. The second-order valence-corrected chi connectivity index (χ2v) is 6.69. The molecule has 1 saturated heterocycles. The molecule has 1 aliphatic heterocycles. The quantitative estimate of drug-likeness (QED) is 0.746. The van der Waals surface area contributed by atoms with E-state index in [0.29, 0.717) is 13.1 Å². The zero-order valence-electron chi connectivity index (χ0n) is 15.8. The number of rotatable bonds is 7. The van der Waals surface area contributed by atoms with E-state index in [1.165, 1.54) is 11.7 Å². The van der Waals surface area contributed by atoms with Gasteiger partial charge in [-0.3, -0.25) is 4.79 Å². The van der Waals surface area contributed by atoms with E-state index in [0.717, 1.165) is 25.2 Å². The van der Waals surface area contributed by atoms with Gasteiger partial charge in [-0.25, -0.2) is 13.6 Å². The highest BCUT2D eigenvalue weighted by Crippen LogP contribution is 2.39. The predicted octanol–water partition coefficient (Wildman–Crippen LogP) is 2.01. The van der Waals surface area contributed by atoms with Crippen molar-refractivity contribution in [1.82, 2.24) is 9.88 Å². The smallest absolute Gasteiger partial charge is 0.341 e. The van der Waals surface area contributed by atoms with Crippen LogP contribution in [0.4, 0.5) is 14.5 Å². The number of likely N-dealkylation sites (N-methyl/N-ethyl adjacent to an activating group) is 1. The zero-order valence-corrected chi connectivity index (χ0v) is 15.8. The summed E-state index contributed by atoms with van der Waals surface area (Å²) < 4.78 is 34.9. The van der Waals surface area contributed by atoms with Gasteiger partial charge in [0.25, 0.3) is 0 Å². The van der Waals surface area contributed by atoms with E-state index in [9.17, 15) is 19.1 Å². The largest absolute Gasteiger partial charge is 0.492 e. The van der Waals surface area contributed by atoms with Gasteiger partial charge in [-0.15, -0.1) is 0 Å². The van der Waals surface area contributed by atoms with Gasteiger partial charge in [0.15, 0.2) is 11.6 Å². The minimum Gasteiger partial charge on any atom is -0.492 e. The number of aryl methyl sites for hydroxylation is 1. The monoisotopic (exact) mass is 395 g/mol. The molecular formula is C19H23F2N3O4. The van der Waals surface area contributed by atoms with Crippen molar-refractivity contribution in [2.75, 3.05) is 38.3 Å². The van der Waals surface area contributed by atoms with E-state index in [-0.39, 0.29) is 34.9 Å². The molecule has 0 amide bonds. The van der Waals surface area contributed by atoms with Crippen LogP contribution in [0.2, 0.25) is 0 Å². The Morgan fingerprint density at radius 1 is 1.46 bits per heavy atom. The number of ether oxygens (including phenoxy) is 1. The Labute approximate surface area is 160 Å². The van der Waals surface area contributed by atoms with Crippen molar-refractivity contribution >= 4 is 22.6 Å². The van der Waals surface area contributed by atoms with E-state index < -0.39 is 29.5 Å². The molecule has 1 aliphatic rings. The van der Waals surface area contributed by atoms with Crippen LogP contribution in [0.3, 0.4) is 0 Å². The van der Waals surface area contributed by atoms with Crippen molar-refractivity contribution in [3.05, 3.63) is 33.9 Å². The number of carboxylic acids is 1. The number of pyridine rings is 1. The summed E-state index contributed by atoms with van der Waals surface area (Å²) in [6.45, 7) is 2.99. The molecule has 2 N–H and O–H groups in total. The fourth-order valence-electron chi connectivity index (χ4n) is 3.82. The normalized spacial score (nSPS) is 16.7. The van der Waals surface area contributed by atoms with E-state index in [1.54, 1.807) is 0 Å². The van der Waals surface area contributed by atoms with Crippen LogP contribution in [0, 0.1) is 5.82 Å². The second-order valence-electron chi connectivity index (χ2n) is 6.69. The standard InChI is InChI=1S/C19H23F2N3O4/c1-3-22-11-4-6-23(9-11)16-14(21)8-12-15(18(16)28-2)24(7-5-20)10-13(17(12)25)19(26)27/h8,10-11,22H,3-7,9H2,1-2H3,(H,26,27). The Morgan fingerprint density at radius 2 is 2.21 bits per heavy atom. The fraction of sp³-hybridized carbons (Fsp3) is 0.474. The number of anilines is 1. The maximum absolute atomic E-state index is 15.1. The van der Waals surface area contributed by atoms with Crippen LogP contribution in [-0.4, -0.2) is 55.1 Å². The third-order valence-corrected chi connectivity index (χ3v) is 5.00. The fourth-order valence-corrected chi connectivity index (χ4v) is 3.82. The maximum Gasteiger partial charge on any atom is 0.341 e. The summed E-state index contributed by atoms with van der Waals surface area (Å²) in [5.41, 5.74) is -0.972. The number of carbonyl (C=O) groups is 1. The van der Waals surface area contributed by atoms with E-state index >= 15 is 4.39 Å². The molecule has 0 spiro atoms. The van der Waals surface area contributed by atoms with Crippen LogP contribution >= 0.6 is 0 Å². The number of halogens is 2. The first-order chi connectivity index (χ1) is 13.4. The SMILES string of the molecule is CCNC1CCN(c2c(F)cc3c(=O)c(C(=O)O)cn(CCF)c3c2OC)C1. The summed E-state index contributed by atoms with van der Waals surface area (Å²) in [5.74, 6) is -2.02. The Morgan fingerprint density at radius 3 is 2.82 bits per heavy atom. The van der Waals surface area contributed by atoms with Gasteiger partial charge in [-0.05, 0) is 19.0 Å². The molecule has 28 heavy (non-hydrogen) atoms. The van der Waals surface area contributed by atoms with Crippen molar-refractivity contribution in [2.24, 2.45) is 0 Å². The lowest BCUT2D eigenvalue weighted by Crippen LogP contribution is -2.32. The number of aromatic nitrogens is 1. The highest BCUT2D eigenvalue weighted by Gasteiger charge is 2.29. The molecule has 0 bridgehead atoms. The van der Waals surface area contributed by atoms with Gasteiger partial charge in [0.1, 0.15) is 17.9 Å². The number of hydrogen-bond donors (Lipinski definition) is 2. The average molecular weight is 395 g/mol. The number of benzene rings is 1. The predicted molar refractivity (Wildman–Crippen MR) is 102 cm³/mol. The first-order valence-corrected chi connectivity index (χ1v) is 9.14. The summed E-state index contributed by atoms with van der Waals surface area (Å²) in [5, 5.41) is 12.5. The van der Waals surface area contributed by atoms with Crippen LogP contribution in [0.25, 0.3) is 10.9 Å². The number of methoxy groups -OCH3 is 1. The first-order valence-electron chi connectivity index (χ1n) is 9.14. The molecule has 1 unspecified atom stereocenters. The van der Waals surface area contributed by atoms with Crippen molar-refractivity contribution in [3.8, 4) is 5.75 Å². The Balaban J connectivity index is 2.26. The summed E-state index contributed by atoms with van der Waals surface area (Å²) in [4.78, 5) is 25.8. The summed E-state index contributed by atoms with van der Waals surface area (Å²) >= 11 is 0. The van der Waals surface area contributed by atoms with Crippen molar-refractivity contribution in [3.63, 3.8) is 0 Å². The van der Waals surface area contributed by atoms with Crippen LogP contribution < -0.4 is 20.4 Å². The Bertz CT molecular complexity index is 961. The molecule has 1 atom stereocenters. The van der Waals surface area contributed by atoms with Crippen LogP contribution in [0.5, 0.6) is 5.75 Å². The van der Waals surface area contributed by atoms with Crippen LogP contribution in [0.15, 0.2) is 17.1 Å². The molecule has 0 saturated carbocycles. The molecule has 1 fully saturated rings. The number of carboxylic acid groups (broad SMARTS) is 1. The van der Waals surface area contributed by atoms with Crippen molar-refractivity contribution < 1.29 is 23.4 Å². The van der Waals surface area contributed by atoms with Gasteiger partial charge in [0.05, 0.1) is 24.6 Å². The number of nitrogens with zero attached hydrogens (tertiary/aromatic N) is 2. The van der Waals surface area contributed by atoms with Crippen LogP contribution in [-0.2, 0) is 6.54 Å².